The second kappa shape index (κ2) is 5.50. The number of rotatable bonds is 5. The lowest BCUT2D eigenvalue weighted by Crippen LogP contribution is -2.26. The quantitative estimate of drug-likeness (QED) is 0.778. The fourth-order valence-corrected chi connectivity index (χ4v) is 1.36. The van der Waals surface area contributed by atoms with Crippen molar-refractivity contribution in [1.29, 1.82) is 0 Å². The molecule has 3 heteroatoms. The summed E-state index contributed by atoms with van der Waals surface area (Å²) in [4.78, 5) is 2.16. The average molecular weight is 195 g/mol. The van der Waals surface area contributed by atoms with Crippen LogP contribution in [0.3, 0.4) is 0 Å². The third-order valence-corrected chi connectivity index (χ3v) is 2.14. The van der Waals surface area contributed by atoms with E-state index in [1.165, 1.54) is 0 Å². The van der Waals surface area contributed by atoms with Crippen LogP contribution >= 0.6 is 0 Å². The van der Waals surface area contributed by atoms with E-state index < -0.39 is 0 Å². The van der Waals surface area contributed by atoms with Crippen molar-refractivity contribution in [3.05, 3.63) is 24.3 Å². The van der Waals surface area contributed by atoms with Crippen molar-refractivity contribution in [3.63, 3.8) is 0 Å². The predicted molar refractivity (Wildman–Crippen MR) is 57.9 cm³/mol. The number of nitrogens with zero attached hydrogens (tertiary/aromatic N) is 1. The van der Waals surface area contributed by atoms with Crippen molar-refractivity contribution >= 4 is 5.69 Å². The van der Waals surface area contributed by atoms with Crippen LogP contribution in [0.1, 0.15) is 6.92 Å². The molecule has 1 rings (SSSR count). The van der Waals surface area contributed by atoms with E-state index in [2.05, 4.69) is 11.8 Å². The lowest BCUT2D eigenvalue weighted by Gasteiger charge is -2.22. The zero-order valence-corrected chi connectivity index (χ0v) is 8.73. The molecule has 0 saturated carbocycles. The summed E-state index contributed by atoms with van der Waals surface area (Å²) < 4.78 is 5.02. The molecular formula is C11H17NO2. The molecule has 0 aliphatic rings. The highest BCUT2D eigenvalue weighted by molar-refractivity contribution is 5.50. The molecule has 0 aliphatic carbocycles. The van der Waals surface area contributed by atoms with Crippen molar-refractivity contribution in [1.82, 2.24) is 0 Å². The van der Waals surface area contributed by atoms with E-state index in [0.29, 0.717) is 12.4 Å². The Labute approximate surface area is 84.9 Å². The van der Waals surface area contributed by atoms with Crippen LogP contribution in [0.25, 0.3) is 0 Å². The third-order valence-electron chi connectivity index (χ3n) is 2.14. The maximum Gasteiger partial charge on any atom is 0.117 e. The van der Waals surface area contributed by atoms with E-state index in [-0.39, 0.29) is 0 Å². The minimum atomic E-state index is 0.304. The number of benzene rings is 1. The molecule has 0 radical (unpaired) electrons. The maximum absolute atomic E-state index is 9.32. The summed E-state index contributed by atoms with van der Waals surface area (Å²) in [5.41, 5.74) is 1.03. The van der Waals surface area contributed by atoms with Crippen LogP contribution in [0, 0.1) is 0 Å². The molecule has 14 heavy (non-hydrogen) atoms. The summed E-state index contributed by atoms with van der Waals surface area (Å²) in [7, 11) is 1.69. The minimum absolute atomic E-state index is 0.304. The van der Waals surface area contributed by atoms with Crippen LogP contribution in [0.2, 0.25) is 0 Å². The van der Waals surface area contributed by atoms with E-state index in [1.807, 2.05) is 12.1 Å². The molecule has 0 aliphatic heterocycles. The second-order valence-electron chi connectivity index (χ2n) is 3.09. The lowest BCUT2D eigenvalue weighted by molar-refractivity contribution is 0.205. The molecule has 78 valence electrons. The van der Waals surface area contributed by atoms with Gasteiger partial charge >= 0.3 is 0 Å². The van der Waals surface area contributed by atoms with E-state index in [0.717, 1.165) is 18.8 Å². The molecular weight excluding hydrogens is 178 g/mol. The van der Waals surface area contributed by atoms with Gasteiger partial charge in [-0.2, -0.15) is 0 Å². The topological polar surface area (TPSA) is 32.7 Å². The van der Waals surface area contributed by atoms with Crippen LogP contribution in [0.15, 0.2) is 24.3 Å². The molecule has 1 N–H and O–H groups in total. The average Bonchev–Trinajstić information content (AvgIpc) is 2.19. The Kier molecular flexibility index (Phi) is 4.26. The van der Waals surface area contributed by atoms with Gasteiger partial charge in [-0.25, -0.2) is 0 Å². The molecule has 0 spiro atoms. The van der Waals surface area contributed by atoms with Crippen molar-refractivity contribution in [2.45, 2.75) is 6.92 Å². The van der Waals surface area contributed by atoms with Crippen molar-refractivity contribution < 1.29 is 9.84 Å². The highest BCUT2D eigenvalue weighted by atomic mass is 16.5. The SMILES string of the molecule is CCN(CCOC)c1cccc(O)c1. The number of phenolic OH excluding ortho intramolecular Hbond substituents is 1. The molecule has 0 unspecified atom stereocenters. The Morgan fingerprint density at radius 3 is 2.79 bits per heavy atom. The molecule has 0 bridgehead atoms. The van der Waals surface area contributed by atoms with Crippen molar-refractivity contribution in [2.75, 3.05) is 31.7 Å². The summed E-state index contributed by atoms with van der Waals surface area (Å²) in [5, 5.41) is 9.32. The first-order valence-electron chi connectivity index (χ1n) is 4.81. The van der Waals surface area contributed by atoms with Gasteiger partial charge in [-0.15, -0.1) is 0 Å². The standard InChI is InChI=1S/C11H17NO2/c1-3-12(7-8-14-2)10-5-4-6-11(13)9-10/h4-6,9,13H,3,7-8H2,1-2H3. The molecule has 0 atom stereocenters. The van der Waals surface area contributed by atoms with Crippen molar-refractivity contribution in [3.8, 4) is 5.75 Å². The Hall–Kier alpha value is -1.22. The van der Waals surface area contributed by atoms with Gasteiger partial charge in [0.1, 0.15) is 5.75 Å². The van der Waals surface area contributed by atoms with Crippen molar-refractivity contribution in [2.24, 2.45) is 0 Å². The van der Waals surface area contributed by atoms with Gasteiger partial charge in [0.05, 0.1) is 6.61 Å². The summed E-state index contributed by atoms with van der Waals surface area (Å²) >= 11 is 0. The Balaban J connectivity index is 2.68. The first kappa shape index (κ1) is 10.9. The van der Waals surface area contributed by atoms with Gasteiger partial charge in [0.2, 0.25) is 0 Å². The zero-order chi connectivity index (χ0) is 10.4. The van der Waals surface area contributed by atoms with Gasteiger partial charge in [-0.3, -0.25) is 0 Å². The first-order chi connectivity index (χ1) is 6.77. The minimum Gasteiger partial charge on any atom is -0.508 e. The summed E-state index contributed by atoms with van der Waals surface area (Å²) in [6.07, 6.45) is 0. The molecule has 1 aromatic rings. The van der Waals surface area contributed by atoms with E-state index in [9.17, 15) is 5.11 Å². The van der Waals surface area contributed by atoms with Crippen LogP contribution in [-0.2, 0) is 4.74 Å². The maximum atomic E-state index is 9.32. The molecule has 1 aromatic carbocycles. The second-order valence-corrected chi connectivity index (χ2v) is 3.09. The Morgan fingerprint density at radius 1 is 1.43 bits per heavy atom. The van der Waals surface area contributed by atoms with Gasteiger partial charge < -0.3 is 14.7 Å². The number of aromatic hydroxyl groups is 1. The summed E-state index contributed by atoms with van der Waals surface area (Å²) in [5.74, 6) is 0.304. The summed E-state index contributed by atoms with van der Waals surface area (Å²) in [6, 6.07) is 7.27. The van der Waals surface area contributed by atoms with Crippen LogP contribution in [-0.4, -0.2) is 31.9 Å². The number of anilines is 1. The van der Waals surface area contributed by atoms with Crippen LogP contribution in [0.4, 0.5) is 5.69 Å². The van der Waals surface area contributed by atoms with E-state index in [1.54, 1.807) is 19.2 Å². The number of methoxy groups -OCH3 is 1. The predicted octanol–water partition coefficient (Wildman–Crippen LogP) is 1.86. The normalized spacial score (nSPS) is 10.1. The molecule has 0 saturated heterocycles. The van der Waals surface area contributed by atoms with E-state index >= 15 is 0 Å². The van der Waals surface area contributed by atoms with Crippen LogP contribution < -0.4 is 4.90 Å². The van der Waals surface area contributed by atoms with E-state index in [4.69, 9.17) is 4.74 Å². The molecule has 0 amide bonds. The van der Waals surface area contributed by atoms with Gasteiger partial charge in [-0.1, -0.05) is 6.07 Å². The highest BCUT2D eigenvalue weighted by Gasteiger charge is 2.03. The van der Waals surface area contributed by atoms with Crippen LogP contribution in [0.5, 0.6) is 5.75 Å². The summed E-state index contributed by atoms with van der Waals surface area (Å²) in [6.45, 7) is 4.53. The Morgan fingerprint density at radius 2 is 2.21 bits per heavy atom. The monoisotopic (exact) mass is 195 g/mol. The molecule has 3 nitrogen and oxygen atoms in total. The van der Waals surface area contributed by atoms with Gasteiger partial charge in [0.25, 0.3) is 0 Å². The van der Waals surface area contributed by atoms with Gasteiger partial charge in [-0.05, 0) is 19.1 Å². The number of phenols is 1. The number of hydrogen-bond acceptors (Lipinski definition) is 3. The largest absolute Gasteiger partial charge is 0.508 e. The molecule has 0 fully saturated rings. The zero-order valence-electron chi connectivity index (χ0n) is 8.73. The fraction of sp³-hybridized carbons (Fsp3) is 0.455. The third kappa shape index (κ3) is 2.92. The number of ether oxygens (including phenoxy) is 1. The molecule has 0 aromatic heterocycles. The number of hydrogen-bond donors (Lipinski definition) is 1. The van der Waals surface area contributed by atoms with Gasteiger partial charge in [0.15, 0.2) is 0 Å². The number of likely N-dealkylation sites (N-methyl/N-ethyl adjacent to an activating group) is 1. The smallest absolute Gasteiger partial charge is 0.117 e. The first-order valence-corrected chi connectivity index (χ1v) is 4.81. The lowest BCUT2D eigenvalue weighted by atomic mass is 10.2. The highest BCUT2D eigenvalue weighted by Crippen LogP contribution is 2.19. The molecule has 0 heterocycles. The fourth-order valence-electron chi connectivity index (χ4n) is 1.36. The Bertz CT molecular complexity index is 276. The van der Waals surface area contributed by atoms with Gasteiger partial charge in [0, 0.05) is 32.0 Å².